The lowest BCUT2D eigenvalue weighted by atomic mass is 10.1. The van der Waals surface area contributed by atoms with Gasteiger partial charge in [-0.3, -0.25) is 0 Å². The van der Waals surface area contributed by atoms with Crippen molar-refractivity contribution < 1.29 is 13.2 Å². The van der Waals surface area contributed by atoms with E-state index in [9.17, 15) is 8.42 Å². The van der Waals surface area contributed by atoms with E-state index in [0.29, 0.717) is 28.8 Å². The molecule has 0 spiro atoms. The fraction of sp³-hybridized carbons (Fsp3) is 0.0370. The minimum atomic E-state index is -3.85. The Labute approximate surface area is 219 Å². The number of hydrogen-bond donors (Lipinski definition) is 3. The first-order valence-electron chi connectivity index (χ1n) is 11.5. The van der Waals surface area contributed by atoms with Gasteiger partial charge in [0.05, 0.1) is 17.3 Å². The summed E-state index contributed by atoms with van der Waals surface area (Å²) in [6.45, 7) is 1.91. The number of hydrogen-bond acceptors (Lipinski definition) is 9. The molecule has 0 aliphatic rings. The van der Waals surface area contributed by atoms with Crippen LogP contribution in [0.2, 0.25) is 0 Å². The van der Waals surface area contributed by atoms with Gasteiger partial charge in [-0.05, 0) is 55.0 Å². The highest BCUT2D eigenvalue weighted by Gasteiger charge is 2.14. The minimum Gasteiger partial charge on any atom is -0.454 e. The summed E-state index contributed by atoms with van der Waals surface area (Å²) in [5, 5.41) is 11.9. The van der Waals surface area contributed by atoms with Crippen LogP contribution in [-0.2, 0) is 10.0 Å². The highest BCUT2D eigenvalue weighted by atomic mass is 32.2. The Hall–Kier alpha value is -4.87. The van der Waals surface area contributed by atoms with Gasteiger partial charge in [0.2, 0.25) is 16.0 Å². The normalized spacial score (nSPS) is 11.1. The van der Waals surface area contributed by atoms with Crippen molar-refractivity contribution in [2.24, 2.45) is 5.14 Å². The molecule has 0 aliphatic heterocycles. The Morgan fingerprint density at radius 2 is 1.45 bits per heavy atom. The SMILES string of the molecule is Cc1cnc(Nc2ccc(-c3ccccc3S(N)(=O)=O)cc2)nc1Nc1ccc(Oc2cncnc2)cc1. The third-order valence-corrected chi connectivity index (χ3v) is 6.48. The number of aryl methyl sites for hydroxylation is 1. The first kappa shape index (κ1) is 24.8. The molecule has 0 unspecified atom stereocenters. The molecule has 2 heterocycles. The predicted octanol–water partition coefficient (Wildman–Crippen LogP) is 5.17. The van der Waals surface area contributed by atoms with Crippen molar-refractivity contribution >= 4 is 33.2 Å². The number of nitrogens with one attached hydrogen (secondary N) is 2. The van der Waals surface area contributed by atoms with E-state index in [1.54, 1.807) is 36.8 Å². The predicted molar refractivity (Wildman–Crippen MR) is 145 cm³/mol. The van der Waals surface area contributed by atoms with Gasteiger partial charge in [0.1, 0.15) is 17.9 Å². The lowest BCUT2D eigenvalue weighted by molar-refractivity contribution is 0.477. The van der Waals surface area contributed by atoms with Crippen LogP contribution in [0.5, 0.6) is 11.5 Å². The zero-order valence-electron chi connectivity index (χ0n) is 20.2. The zero-order chi connectivity index (χ0) is 26.5. The summed E-state index contributed by atoms with van der Waals surface area (Å²) in [5.74, 6) is 2.26. The van der Waals surface area contributed by atoms with Gasteiger partial charge in [-0.25, -0.2) is 28.5 Å². The number of nitrogens with zero attached hydrogens (tertiary/aromatic N) is 4. The molecule has 0 radical (unpaired) electrons. The second-order valence-electron chi connectivity index (χ2n) is 8.29. The molecule has 0 atom stereocenters. The molecule has 5 aromatic rings. The van der Waals surface area contributed by atoms with Crippen LogP contribution in [0.3, 0.4) is 0 Å². The first-order chi connectivity index (χ1) is 18.3. The Morgan fingerprint density at radius 1 is 0.789 bits per heavy atom. The van der Waals surface area contributed by atoms with Gasteiger partial charge >= 0.3 is 0 Å². The van der Waals surface area contributed by atoms with Crippen LogP contribution in [0, 0.1) is 6.92 Å². The molecule has 3 aromatic carbocycles. The summed E-state index contributed by atoms with van der Waals surface area (Å²) >= 11 is 0. The number of aromatic nitrogens is 4. The summed E-state index contributed by atoms with van der Waals surface area (Å²) in [6.07, 6.45) is 6.35. The van der Waals surface area contributed by atoms with Crippen molar-refractivity contribution in [1.82, 2.24) is 19.9 Å². The van der Waals surface area contributed by atoms with E-state index in [-0.39, 0.29) is 4.90 Å². The largest absolute Gasteiger partial charge is 0.454 e. The van der Waals surface area contributed by atoms with Gasteiger partial charge in [-0.15, -0.1) is 0 Å². The zero-order valence-corrected chi connectivity index (χ0v) is 21.1. The van der Waals surface area contributed by atoms with E-state index in [1.807, 2.05) is 55.5 Å². The third-order valence-electron chi connectivity index (χ3n) is 5.51. The van der Waals surface area contributed by atoms with Crippen molar-refractivity contribution in [1.29, 1.82) is 0 Å². The minimum absolute atomic E-state index is 0.0759. The molecule has 5 rings (SSSR count). The number of primary sulfonamides is 1. The third kappa shape index (κ3) is 5.91. The average molecular weight is 526 g/mol. The lowest BCUT2D eigenvalue weighted by Gasteiger charge is -2.12. The molecule has 10 nitrogen and oxygen atoms in total. The van der Waals surface area contributed by atoms with E-state index in [1.165, 1.54) is 12.4 Å². The Bertz CT molecular complexity index is 1660. The Morgan fingerprint density at radius 3 is 2.16 bits per heavy atom. The second-order valence-corrected chi connectivity index (χ2v) is 9.82. The molecule has 0 amide bonds. The number of anilines is 4. The summed E-state index contributed by atoms with van der Waals surface area (Å²) in [5.41, 5.74) is 3.69. The van der Waals surface area contributed by atoms with Crippen LogP contribution < -0.4 is 20.5 Å². The topological polar surface area (TPSA) is 145 Å². The summed E-state index contributed by atoms with van der Waals surface area (Å²) in [6, 6.07) is 21.3. The van der Waals surface area contributed by atoms with Crippen molar-refractivity contribution in [3.63, 3.8) is 0 Å². The molecule has 0 saturated heterocycles. The van der Waals surface area contributed by atoms with E-state index < -0.39 is 10.0 Å². The number of benzene rings is 3. The van der Waals surface area contributed by atoms with Crippen LogP contribution >= 0.6 is 0 Å². The highest BCUT2D eigenvalue weighted by molar-refractivity contribution is 7.89. The second kappa shape index (κ2) is 10.6. The summed E-state index contributed by atoms with van der Waals surface area (Å²) < 4.78 is 29.6. The van der Waals surface area contributed by atoms with Gasteiger partial charge in [0.15, 0.2) is 5.75 Å². The molecule has 11 heteroatoms. The molecule has 4 N–H and O–H groups in total. The molecule has 0 fully saturated rings. The van der Waals surface area contributed by atoms with Crippen LogP contribution in [0.15, 0.2) is 103 Å². The van der Waals surface area contributed by atoms with E-state index in [2.05, 4.69) is 30.6 Å². The molecule has 190 valence electrons. The van der Waals surface area contributed by atoms with Gasteiger partial charge in [0, 0.05) is 28.7 Å². The van der Waals surface area contributed by atoms with Crippen molar-refractivity contribution in [2.45, 2.75) is 11.8 Å². The number of rotatable bonds is 8. The van der Waals surface area contributed by atoms with Crippen molar-refractivity contribution in [3.05, 3.63) is 103 Å². The Kier molecular flexibility index (Phi) is 6.94. The standard InChI is InChI=1S/C27H23N7O3S/c1-18-14-31-27(33-21-8-6-19(7-9-21)24-4-2-3-5-25(24)38(28,35)36)34-26(18)32-20-10-12-22(13-11-20)37-23-15-29-17-30-16-23/h2-17H,1H3,(H2,28,35,36)(H2,31,32,33,34). The van der Waals surface area contributed by atoms with Gasteiger partial charge in [-0.1, -0.05) is 30.3 Å². The molecule has 0 saturated carbocycles. The maximum absolute atomic E-state index is 11.9. The van der Waals surface area contributed by atoms with Gasteiger partial charge in [-0.2, -0.15) is 4.98 Å². The fourth-order valence-corrected chi connectivity index (χ4v) is 4.42. The van der Waals surface area contributed by atoms with E-state index in [4.69, 9.17) is 9.88 Å². The molecule has 2 aromatic heterocycles. The lowest BCUT2D eigenvalue weighted by Crippen LogP contribution is -2.13. The molecule has 0 aliphatic carbocycles. The van der Waals surface area contributed by atoms with Crippen LogP contribution in [0.25, 0.3) is 11.1 Å². The van der Waals surface area contributed by atoms with Crippen LogP contribution in [-0.4, -0.2) is 28.4 Å². The summed E-state index contributed by atoms with van der Waals surface area (Å²) in [7, 11) is -3.85. The quantitative estimate of drug-likeness (QED) is 0.250. The van der Waals surface area contributed by atoms with Crippen LogP contribution in [0.1, 0.15) is 5.56 Å². The molecule has 0 bridgehead atoms. The number of nitrogens with two attached hydrogens (primary N) is 1. The van der Waals surface area contributed by atoms with Gasteiger partial charge in [0.25, 0.3) is 0 Å². The highest BCUT2D eigenvalue weighted by Crippen LogP contribution is 2.29. The Balaban J connectivity index is 1.29. The maximum atomic E-state index is 11.9. The van der Waals surface area contributed by atoms with Gasteiger partial charge < -0.3 is 15.4 Å². The number of ether oxygens (including phenoxy) is 1. The maximum Gasteiger partial charge on any atom is 0.238 e. The van der Waals surface area contributed by atoms with E-state index >= 15 is 0 Å². The van der Waals surface area contributed by atoms with Crippen molar-refractivity contribution in [3.8, 4) is 22.6 Å². The molecular formula is C27H23N7O3S. The average Bonchev–Trinajstić information content (AvgIpc) is 2.92. The molecule has 38 heavy (non-hydrogen) atoms. The first-order valence-corrected chi connectivity index (χ1v) is 13.0. The van der Waals surface area contributed by atoms with Crippen LogP contribution in [0.4, 0.5) is 23.1 Å². The van der Waals surface area contributed by atoms with E-state index in [0.717, 1.165) is 22.5 Å². The monoisotopic (exact) mass is 525 g/mol. The fourth-order valence-electron chi connectivity index (χ4n) is 3.66. The van der Waals surface area contributed by atoms with Crippen molar-refractivity contribution in [2.75, 3.05) is 10.6 Å². The smallest absolute Gasteiger partial charge is 0.238 e. The molecular weight excluding hydrogens is 502 g/mol. The number of sulfonamides is 1. The summed E-state index contributed by atoms with van der Waals surface area (Å²) in [4.78, 5) is 16.9.